The van der Waals surface area contributed by atoms with Gasteiger partial charge < -0.3 is 20.1 Å². The van der Waals surface area contributed by atoms with Crippen molar-refractivity contribution in [1.29, 1.82) is 0 Å². The summed E-state index contributed by atoms with van der Waals surface area (Å²) in [4.78, 5) is 12.4. The molecule has 0 amide bonds. The zero-order valence-electron chi connectivity index (χ0n) is 11.6. The van der Waals surface area contributed by atoms with Crippen LogP contribution in [-0.4, -0.2) is 23.4 Å². The number of nitrogens with one attached hydrogen (secondary N) is 2. The second kappa shape index (κ2) is 5.03. The van der Waals surface area contributed by atoms with Crippen LogP contribution in [0.5, 0.6) is 5.75 Å². The van der Waals surface area contributed by atoms with E-state index in [2.05, 4.69) is 10.6 Å². The van der Waals surface area contributed by atoms with Gasteiger partial charge in [0.25, 0.3) is 0 Å². The Morgan fingerprint density at radius 2 is 2.33 bits per heavy atom. The van der Waals surface area contributed by atoms with Gasteiger partial charge in [-0.1, -0.05) is 11.6 Å². The highest BCUT2D eigenvalue weighted by atomic mass is 35.5. The van der Waals surface area contributed by atoms with E-state index < -0.39 is 11.6 Å². The summed E-state index contributed by atoms with van der Waals surface area (Å²) in [6.45, 7) is 3.88. The Morgan fingerprint density at radius 3 is 3.05 bits per heavy atom. The predicted molar refractivity (Wildman–Crippen MR) is 82.2 cm³/mol. The Kier molecular flexibility index (Phi) is 3.45. The lowest BCUT2D eigenvalue weighted by Crippen LogP contribution is -2.70. The van der Waals surface area contributed by atoms with Crippen molar-refractivity contribution in [3.8, 4) is 5.75 Å². The third kappa shape index (κ3) is 2.32. The molecule has 3 atom stereocenters. The summed E-state index contributed by atoms with van der Waals surface area (Å²) < 4.78 is 11.2. The smallest absolute Gasteiger partial charge is 0.317 e. The van der Waals surface area contributed by atoms with Gasteiger partial charge in [-0.05, 0) is 44.3 Å². The molecule has 0 spiro atoms. The predicted octanol–water partition coefficient (Wildman–Crippen LogP) is 2.15. The monoisotopic (exact) mass is 326 g/mol. The number of ether oxygens (including phenoxy) is 2. The number of thiocarbonyl (C=S) groups is 1. The molecule has 1 aromatic rings. The number of rotatable bonds is 2. The van der Waals surface area contributed by atoms with Crippen molar-refractivity contribution in [2.75, 3.05) is 6.61 Å². The fourth-order valence-corrected chi connectivity index (χ4v) is 3.42. The van der Waals surface area contributed by atoms with Crippen LogP contribution in [0.25, 0.3) is 0 Å². The van der Waals surface area contributed by atoms with Crippen molar-refractivity contribution in [1.82, 2.24) is 10.6 Å². The molecule has 1 fully saturated rings. The van der Waals surface area contributed by atoms with Crippen LogP contribution in [0.1, 0.15) is 25.5 Å². The molecule has 2 bridgehead atoms. The van der Waals surface area contributed by atoms with E-state index >= 15 is 0 Å². The van der Waals surface area contributed by atoms with E-state index in [1.165, 1.54) is 0 Å². The maximum atomic E-state index is 12.4. The first kappa shape index (κ1) is 14.4. The number of carbonyl (C=O) groups excluding carboxylic acids is 1. The lowest BCUT2D eigenvalue weighted by molar-refractivity contribution is -0.161. The number of fused-ring (bicyclic) bond motifs is 4. The molecule has 5 nitrogen and oxygen atoms in total. The van der Waals surface area contributed by atoms with Crippen molar-refractivity contribution in [2.45, 2.75) is 25.6 Å². The van der Waals surface area contributed by atoms with Crippen molar-refractivity contribution in [3.63, 3.8) is 0 Å². The summed E-state index contributed by atoms with van der Waals surface area (Å²) in [6, 6.07) is 5.00. The molecule has 2 heterocycles. The van der Waals surface area contributed by atoms with E-state index in [0.717, 1.165) is 5.56 Å². The quantitative estimate of drug-likeness (QED) is 0.641. The number of esters is 1. The lowest BCUT2D eigenvalue weighted by atomic mass is 9.80. The second-order valence-electron chi connectivity index (χ2n) is 5.20. The Bertz CT molecular complexity index is 624. The standard InChI is InChI=1S/C14H15ClN2O3S/c1-3-19-12(18)10-11-8-6-7(15)4-5-9(8)20-14(10,2)17-13(21)16-11/h4-6,10-11H,3H2,1-2H3,(H2,16,17,21)/t10?,11-,14+/m1/s1. The van der Waals surface area contributed by atoms with Crippen LogP contribution in [0.3, 0.4) is 0 Å². The molecular formula is C14H15ClN2O3S. The molecular weight excluding hydrogens is 312 g/mol. The highest BCUT2D eigenvalue weighted by Crippen LogP contribution is 2.45. The Labute approximate surface area is 132 Å². The van der Waals surface area contributed by atoms with Gasteiger partial charge in [0, 0.05) is 10.6 Å². The topological polar surface area (TPSA) is 59.6 Å². The summed E-state index contributed by atoms with van der Waals surface area (Å²) in [6.07, 6.45) is 0. The van der Waals surface area contributed by atoms with Crippen molar-refractivity contribution in [2.24, 2.45) is 5.92 Å². The second-order valence-corrected chi connectivity index (χ2v) is 6.04. The van der Waals surface area contributed by atoms with E-state index in [1.807, 2.05) is 0 Å². The summed E-state index contributed by atoms with van der Waals surface area (Å²) >= 11 is 11.3. The summed E-state index contributed by atoms with van der Waals surface area (Å²) in [5.41, 5.74) is -0.137. The summed E-state index contributed by atoms with van der Waals surface area (Å²) in [7, 11) is 0. The highest BCUT2D eigenvalue weighted by Gasteiger charge is 2.55. The van der Waals surface area contributed by atoms with Crippen LogP contribution in [0.2, 0.25) is 5.02 Å². The molecule has 0 radical (unpaired) electrons. The molecule has 0 saturated carbocycles. The van der Waals surface area contributed by atoms with Crippen LogP contribution < -0.4 is 15.4 Å². The van der Waals surface area contributed by atoms with E-state index in [4.69, 9.17) is 33.3 Å². The normalized spacial score (nSPS) is 29.6. The van der Waals surface area contributed by atoms with Gasteiger partial charge in [0.15, 0.2) is 10.8 Å². The highest BCUT2D eigenvalue weighted by molar-refractivity contribution is 7.80. The van der Waals surface area contributed by atoms with Gasteiger partial charge in [-0.15, -0.1) is 0 Å². The van der Waals surface area contributed by atoms with Crippen LogP contribution in [-0.2, 0) is 9.53 Å². The molecule has 2 aliphatic heterocycles. The number of hydrogen-bond acceptors (Lipinski definition) is 4. The molecule has 112 valence electrons. The number of hydrogen-bond donors (Lipinski definition) is 2. The molecule has 1 saturated heterocycles. The van der Waals surface area contributed by atoms with Gasteiger partial charge in [-0.25, -0.2) is 0 Å². The first-order valence-electron chi connectivity index (χ1n) is 6.68. The first-order valence-corrected chi connectivity index (χ1v) is 7.47. The molecule has 3 rings (SSSR count). The van der Waals surface area contributed by atoms with Gasteiger partial charge in [-0.3, -0.25) is 4.79 Å². The number of benzene rings is 1. The largest absolute Gasteiger partial charge is 0.467 e. The van der Waals surface area contributed by atoms with Crippen LogP contribution in [0, 0.1) is 5.92 Å². The maximum absolute atomic E-state index is 12.4. The molecule has 21 heavy (non-hydrogen) atoms. The zero-order chi connectivity index (χ0) is 15.2. The first-order chi connectivity index (χ1) is 9.94. The molecule has 2 N–H and O–H groups in total. The third-order valence-electron chi connectivity index (χ3n) is 3.74. The Hall–Kier alpha value is -1.53. The maximum Gasteiger partial charge on any atom is 0.317 e. The minimum atomic E-state index is -0.944. The minimum absolute atomic E-state index is 0.310. The molecule has 7 heteroatoms. The molecule has 1 unspecified atom stereocenters. The van der Waals surface area contributed by atoms with Crippen LogP contribution in [0.15, 0.2) is 18.2 Å². The van der Waals surface area contributed by atoms with Crippen molar-refractivity contribution >= 4 is 34.9 Å². The third-order valence-corrected chi connectivity index (χ3v) is 4.20. The van der Waals surface area contributed by atoms with E-state index in [-0.39, 0.29) is 12.0 Å². The molecule has 1 aromatic carbocycles. The van der Waals surface area contributed by atoms with Crippen LogP contribution in [0.4, 0.5) is 0 Å². The van der Waals surface area contributed by atoms with Gasteiger partial charge in [-0.2, -0.15) is 0 Å². The fraction of sp³-hybridized carbons (Fsp3) is 0.429. The van der Waals surface area contributed by atoms with Crippen LogP contribution >= 0.6 is 23.8 Å². The summed E-state index contributed by atoms with van der Waals surface area (Å²) in [5, 5.41) is 7.18. The van der Waals surface area contributed by atoms with Gasteiger partial charge in [0.2, 0.25) is 0 Å². The SMILES string of the molecule is CCOC(=O)C1[C@@H]2NC(=S)N[C@@]1(C)Oc1ccc(Cl)cc12. The van der Waals surface area contributed by atoms with Crippen molar-refractivity contribution in [3.05, 3.63) is 28.8 Å². The zero-order valence-corrected chi connectivity index (χ0v) is 13.2. The van der Waals surface area contributed by atoms with Gasteiger partial charge in [0.05, 0.1) is 12.6 Å². The average molecular weight is 327 g/mol. The Morgan fingerprint density at radius 1 is 1.57 bits per heavy atom. The van der Waals surface area contributed by atoms with Gasteiger partial charge in [0.1, 0.15) is 11.7 Å². The van der Waals surface area contributed by atoms with E-state index in [9.17, 15) is 4.79 Å². The average Bonchev–Trinajstić information content (AvgIpc) is 2.38. The number of halogens is 1. The lowest BCUT2D eigenvalue weighted by Gasteiger charge is -2.50. The minimum Gasteiger partial charge on any atom is -0.467 e. The van der Waals surface area contributed by atoms with E-state index in [0.29, 0.717) is 22.5 Å². The Balaban J connectivity index is 2.10. The fourth-order valence-electron chi connectivity index (χ4n) is 2.90. The van der Waals surface area contributed by atoms with Crippen molar-refractivity contribution < 1.29 is 14.3 Å². The molecule has 0 aliphatic carbocycles. The molecule has 2 aliphatic rings. The van der Waals surface area contributed by atoms with Gasteiger partial charge >= 0.3 is 5.97 Å². The van der Waals surface area contributed by atoms with E-state index in [1.54, 1.807) is 32.0 Å². The number of carbonyl (C=O) groups is 1. The molecule has 0 aromatic heterocycles. The summed E-state index contributed by atoms with van der Waals surface area (Å²) in [5.74, 6) is -0.219.